The van der Waals surface area contributed by atoms with Crippen LogP contribution in [-0.4, -0.2) is 42.1 Å². The molecular weight excluding hydrogens is 343 g/mol. The van der Waals surface area contributed by atoms with Gasteiger partial charge < -0.3 is 15.4 Å². The zero-order valence-electron chi connectivity index (χ0n) is 15.4. The van der Waals surface area contributed by atoms with Crippen molar-refractivity contribution >= 4 is 16.7 Å². The van der Waals surface area contributed by atoms with Crippen LogP contribution in [0.3, 0.4) is 0 Å². The average molecular weight is 364 g/mol. The van der Waals surface area contributed by atoms with Crippen molar-refractivity contribution in [2.45, 2.75) is 6.42 Å². The summed E-state index contributed by atoms with van der Waals surface area (Å²) in [5.74, 6) is 6.06. The largest absolute Gasteiger partial charge is 0.476 e. The monoisotopic (exact) mass is 364 g/mol. The Morgan fingerprint density at radius 1 is 1.04 bits per heavy atom. The van der Waals surface area contributed by atoms with Crippen LogP contribution in [-0.2, 0) is 0 Å². The lowest BCUT2D eigenvalue weighted by atomic mass is 10.2. The maximum atomic E-state index is 13.1. The molecule has 0 saturated carbocycles. The third-order valence-corrected chi connectivity index (χ3v) is 3.81. The predicted molar refractivity (Wildman–Crippen MR) is 105 cm³/mol. The molecule has 138 valence electrons. The first-order valence-electron chi connectivity index (χ1n) is 8.63. The van der Waals surface area contributed by atoms with Gasteiger partial charge in [0.1, 0.15) is 5.82 Å². The van der Waals surface area contributed by atoms with Gasteiger partial charge in [0.15, 0.2) is 5.69 Å². The van der Waals surface area contributed by atoms with Crippen LogP contribution >= 0.6 is 0 Å². The normalized spacial score (nSPS) is 10.7. The van der Waals surface area contributed by atoms with Gasteiger partial charge in [-0.2, -0.15) is 0 Å². The van der Waals surface area contributed by atoms with Gasteiger partial charge in [-0.1, -0.05) is 5.92 Å². The molecule has 0 aliphatic carbocycles. The molecule has 0 fully saturated rings. The summed E-state index contributed by atoms with van der Waals surface area (Å²) in [5, 5.41) is 0. The minimum absolute atomic E-state index is 0.300. The molecule has 0 radical (unpaired) electrons. The average Bonchev–Trinajstić information content (AvgIpc) is 2.64. The minimum Gasteiger partial charge on any atom is -0.476 e. The summed E-state index contributed by atoms with van der Waals surface area (Å²) in [5.41, 5.74) is 8.91. The number of ether oxygens (including phenoxy) is 1. The van der Waals surface area contributed by atoms with Gasteiger partial charge in [0.2, 0.25) is 5.88 Å². The summed E-state index contributed by atoms with van der Waals surface area (Å²) >= 11 is 0. The van der Waals surface area contributed by atoms with Crippen LogP contribution in [0.25, 0.3) is 11.0 Å². The second-order valence-electron chi connectivity index (χ2n) is 6.39. The van der Waals surface area contributed by atoms with Crippen LogP contribution in [0.4, 0.5) is 10.1 Å². The number of rotatable bonds is 5. The van der Waals surface area contributed by atoms with Gasteiger partial charge in [0.25, 0.3) is 0 Å². The Labute approximate surface area is 158 Å². The number of nitrogens with zero attached hydrogens (tertiary/aromatic N) is 3. The Bertz CT molecular complexity index is 991. The standard InChI is InChI=1S/C21H21FN4O/c1-26(2)12-3-13-27-21-19(10-6-15-4-7-16(22)8-5-15)24-20-14-17(23)9-11-18(20)25-21/h4-5,7-9,11,14H,3,12-13,23H2,1-2H3. The molecule has 0 amide bonds. The Hall–Kier alpha value is -3.17. The molecule has 0 atom stereocenters. The zero-order valence-corrected chi connectivity index (χ0v) is 15.4. The SMILES string of the molecule is CN(C)CCCOc1nc2ccc(N)cc2nc1C#Cc1ccc(F)cc1. The van der Waals surface area contributed by atoms with E-state index in [1.807, 2.05) is 20.2 Å². The van der Waals surface area contributed by atoms with Gasteiger partial charge in [-0.3, -0.25) is 0 Å². The fourth-order valence-corrected chi connectivity index (χ4v) is 2.45. The molecule has 3 rings (SSSR count). The molecule has 0 unspecified atom stereocenters. The van der Waals surface area contributed by atoms with Crippen molar-refractivity contribution in [3.63, 3.8) is 0 Å². The minimum atomic E-state index is -0.300. The molecule has 2 N–H and O–H groups in total. The smallest absolute Gasteiger partial charge is 0.249 e. The number of halogens is 1. The van der Waals surface area contributed by atoms with E-state index < -0.39 is 0 Å². The Morgan fingerprint density at radius 2 is 1.81 bits per heavy atom. The number of anilines is 1. The van der Waals surface area contributed by atoms with Gasteiger partial charge in [0.05, 0.1) is 17.6 Å². The van der Waals surface area contributed by atoms with Crippen molar-refractivity contribution in [3.8, 4) is 17.7 Å². The van der Waals surface area contributed by atoms with E-state index in [-0.39, 0.29) is 5.82 Å². The highest BCUT2D eigenvalue weighted by Gasteiger charge is 2.09. The highest BCUT2D eigenvalue weighted by molar-refractivity contribution is 5.79. The molecule has 6 heteroatoms. The molecule has 1 aromatic heterocycles. The fraction of sp³-hybridized carbons (Fsp3) is 0.238. The maximum absolute atomic E-state index is 13.1. The van der Waals surface area contributed by atoms with Crippen LogP contribution in [0.1, 0.15) is 17.7 Å². The lowest BCUT2D eigenvalue weighted by molar-refractivity contribution is 0.272. The van der Waals surface area contributed by atoms with Gasteiger partial charge in [0, 0.05) is 17.8 Å². The van der Waals surface area contributed by atoms with E-state index in [0.717, 1.165) is 13.0 Å². The van der Waals surface area contributed by atoms with E-state index in [1.165, 1.54) is 12.1 Å². The van der Waals surface area contributed by atoms with E-state index in [2.05, 4.69) is 26.7 Å². The molecule has 0 aliphatic rings. The topological polar surface area (TPSA) is 64.3 Å². The first-order chi connectivity index (χ1) is 13.0. The van der Waals surface area contributed by atoms with E-state index in [4.69, 9.17) is 10.5 Å². The van der Waals surface area contributed by atoms with Crippen molar-refractivity contribution < 1.29 is 9.13 Å². The van der Waals surface area contributed by atoms with Crippen molar-refractivity contribution in [1.29, 1.82) is 0 Å². The number of hydrogen-bond acceptors (Lipinski definition) is 5. The molecular formula is C21H21FN4O. The summed E-state index contributed by atoms with van der Waals surface area (Å²) in [6, 6.07) is 11.3. The second-order valence-corrected chi connectivity index (χ2v) is 6.39. The Morgan fingerprint density at radius 3 is 2.56 bits per heavy atom. The lowest BCUT2D eigenvalue weighted by Gasteiger charge is -2.11. The van der Waals surface area contributed by atoms with Crippen molar-refractivity contribution in [3.05, 3.63) is 59.5 Å². The van der Waals surface area contributed by atoms with Gasteiger partial charge in [-0.05, 0) is 68.9 Å². The highest BCUT2D eigenvalue weighted by atomic mass is 19.1. The van der Waals surface area contributed by atoms with Crippen LogP contribution < -0.4 is 10.5 Å². The molecule has 2 aromatic carbocycles. The third kappa shape index (κ3) is 5.16. The van der Waals surface area contributed by atoms with Gasteiger partial charge in [-0.15, -0.1) is 0 Å². The van der Waals surface area contributed by atoms with Gasteiger partial charge >= 0.3 is 0 Å². The summed E-state index contributed by atoms with van der Waals surface area (Å²) in [6.07, 6.45) is 0.860. The van der Waals surface area contributed by atoms with E-state index in [9.17, 15) is 4.39 Å². The fourth-order valence-electron chi connectivity index (χ4n) is 2.45. The molecule has 5 nitrogen and oxygen atoms in total. The van der Waals surface area contributed by atoms with Crippen LogP contribution in [0.5, 0.6) is 5.88 Å². The summed E-state index contributed by atoms with van der Waals surface area (Å²) in [4.78, 5) is 11.2. The first kappa shape index (κ1) is 18.6. The maximum Gasteiger partial charge on any atom is 0.249 e. The molecule has 0 saturated heterocycles. The van der Waals surface area contributed by atoms with E-state index in [0.29, 0.717) is 40.5 Å². The molecule has 3 aromatic rings. The lowest BCUT2D eigenvalue weighted by Crippen LogP contribution is -2.16. The highest BCUT2D eigenvalue weighted by Crippen LogP contribution is 2.20. The van der Waals surface area contributed by atoms with Crippen LogP contribution in [0.2, 0.25) is 0 Å². The summed E-state index contributed by atoms with van der Waals surface area (Å²) in [6.45, 7) is 1.42. The molecule has 0 bridgehead atoms. The molecule has 1 heterocycles. The van der Waals surface area contributed by atoms with Crippen molar-refractivity contribution in [2.75, 3.05) is 33.0 Å². The third-order valence-electron chi connectivity index (χ3n) is 3.81. The van der Waals surface area contributed by atoms with Crippen LogP contribution in [0.15, 0.2) is 42.5 Å². The number of nitrogen functional groups attached to an aromatic ring is 1. The van der Waals surface area contributed by atoms with E-state index >= 15 is 0 Å². The number of fused-ring (bicyclic) bond motifs is 1. The van der Waals surface area contributed by atoms with Gasteiger partial charge in [-0.25, -0.2) is 14.4 Å². The zero-order chi connectivity index (χ0) is 19.2. The number of hydrogen-bond donors (Lipinski definition) is 1. The Balaban J connectivity index is 1.92. The second kappa shape index (κ2) is 8.47. The quantitative estimate of drug-likeness (QED) is 0.428. The van der Waals surface area contributed by atoms with Crippen LogP contribution in [0, 0.1) is 17.7 Å². The Kier molecular flexibility index (Phi) is 5.84. The van der Waals surface area contributed by atoms with Crippen molar-refractivity contribution in [1.82, 2.24) is 14.9 Å². The van der Waals surface area contributed by atoms with E-state index in [1.54, 1.807) is 24.3 Å². The molecule has 0 aliphatic heterocycles. The summed E-state index contributed by atoms with van der Waals surface area (Å²) < 4.78 is 18.9. The predicted octanol–water partition coefficient (Wildman–Crippen LogP) is 3.08. The summed E-state index contributed by atoms with van der Waals surface area (Å²) in [7, 11) is 4.03. The number of nitrogens with two attached hydrogens (primary N) is 1. The van der Waals surface area contributed by atoms with Crippen molar-refractivity contribution in [2.24, 2.45) is 0 Å². The number of aromatic nitrogens is 2. The molecule has 27 heavy (non-hydrogen) atoms. The number of benzene rings is 2. The first-order valence-corrected chi connectivity index (χ1v) is 8.63. The molecule has 0 spiro atoms.